The minimum Gasteiger partial charge on any atom is -0.493 e. The molecular formula is C10H9BN2O. The van der Waals surface area contributed by atoms with E-state index in [0.717, 1.165) is 10.9 Å². The first-order chi connectivity index (χ1) is 6.70. The predicted octanol–water partition coefficient (Wildman–Crippen LogP) is 0.619. The second kappa shape index (κ2) is 3.22. The number of aromatic nitrogens is 1. The number of nitrogens with two attached hydrogens (primary N) is 1. The molecule has 1 aromatic carbocycles. The molecule has 2 rings (SSSR count). The normalized spacial score (nSPS) is 10.4. The molecule has 2 aromatic rings. The second-order valence-electron chi connectivity index (χ2n) is 3.03. The van der Waals surface area contributed by atoms with Crippen molar-refractivity contribution in [1.29, 1.82) is 0 Å². The number of ether oxygens (including phenoxy) is 1. The highest BCUT2D eigenvalue weighted by Crippen LogP contribution is 2.23. The Morgan fingerprint density at radius 1 is 1.36 bits per heavy atom. The zero-order chi connectivity index (χ0) is 10.1. The summed E-state index contributed by atoms with van der Waals surface area (Å²) in [5, 5.41) is 0.963. The summed E-state index contributed by atoms with van der Waals surface area (Å²) in [5.41, 5.74) is 7.13. The van der Waals surface area contributed by atoms with Crippen LogP contribution < -0.4 is 15.9 Å². The van der Waals surface area contributed by atoms with E-state index >= 15 is 0 Å². The fraction of sp³-hybridized carbons (Fsp3) is 0.100. The Balaban J connectivity index is 2.73. The van der Waals surface area contributed by atoms with Crippen molar-refractivity contribution >= 4 is 30.0 Å². The maximum absolute atomic E-state index is 5.67. The van der Waals surface area contributed by atoms with E-state index in [2.05, 4.69) is 4.98 Å². The van der Waals surface area contributed by atoms with E-state index in [0.29, 0.717) is 17.0 Å². The topological polar surface area (TPSA) is 48.1 Å². The number of benzene rings is 1. The molecule has 0 unspecified atom stereocenters. The maximum Gasteiger partial charge on any atom is 0.166 e. The number of anilines is 1. The van der Waals surface area contributed by atoms with E-state index in [4.69, 9.17) is 18.3 Å². The van der Waals surface area contributed by atoms with Crippen LogP contribution in [-0.4, -0.2) is 19.9 Å². The molecule has 0 aliphatic heterocycles. The van der Waals surface area contributed by atoms with E-state index in [1.807, 2.05) is 18.2 Å². The third-order valence-electron chi connectivity index (χ3n) is 2.05. The van der Waals surface area contributed by atoms with Crippen molar-refractivity contribution in [3.05, 3.63) is 24.3 Å². The van der Waals surface area contributed by atoms with Gasteiger partial charge in [0.25, 0.3) is 0 Å². The lowest BCUT2D eigenvalue weighted by molar-refractivity contribution is 0.416. The molecule has 0 bridgehead atoms. The van der Waals surface area contributed by atoms with Gasteiger partial charge in [-0.25, -0.2) is 4.98 Å². The van der Waals surface area contributed by atoms with Gasteiger partial charge in [-0.3, -0.25) is 0 Å². The summed E-state index contributed by atoms with van der Waals surface area (Å²) in [4.78, 5) is 4.18. The third-order valence-corrected chi connectivity index (χ3v) is 2.05. The highest BCUT2D eigenvalue weighted by atomic mass is 16.5. The molecule has 0 aliphatic rings. The zero-order valence-corrected chi connectivity index (χ0v) is 7.82. The van der Waals surface area contributed by atoms with Gasteiger partial charge < -0.3 is 10.5 Å². The summed E-state index contributed by atoms with van der Waals surface area (Å²) in [5.74, 6) is 0.966. The van der Waals surface area contributed by atoms with Crippen molar-refractivity contribution < 1.29 is 4.74 Å². The van der Waals surface area contributed by atoms with Gasteiger partial charge in [0.15, 0.2) is 11.6 Å². The standard InChI is InChI=1S/C10H9BN2O/c1-14-9-4-6-2-3-7(11)5-8(6)13-10(9)12/h2-5H,1H3,(H2,12,13). The quantitative estimate of drug-likeness (QED) is 0.660. The highest BCUT2D eigenvalue weighted by molar-refractivity contribution is 6.33. The second-order valence-corrected chi connectivity index (χ2v) is 3.03. The van der Waals surface area contributed by atoms with Crippen molar-refractivity contribution in [1.82, 2.24) is 4.98 Å². The summed E-state index contributed by atoms with van der Waals surface area (Å²) in [7, 11) is 7.20. The van der Waals surface area contributed by atoms with Crippen molar-refractivity contribution in [2.24, 2.45) is 0 Å². The lowest BCUT2D eigenvalue weighted by Crippen LogP contribution is -2.02. The number of fused-ring (bicyclic) bond motifs is 1. The highest BCUT2D eigenvalue weighted by Gasteiger charge is 2.03. The molecule has 0 fully saturated rings. The molecular weight excluding hydrogens is 175 g/mol. The lowest BCUT2D eigenvalue weighted by atomic mass is 9.95. The van der Waals surface area contributed by atoms with Gasteiger partial charge >= 0.3 is 0 Å². The van der Waals surface area contributed by atoms with Crippen LogP contribution in [0.2, 0.25) is 0 Å². The monoisotopic (exact) mass is 184 g/mol. The molecule has 0 atom stereocenters. The third kappa shape index (κ3) is 1.39. The van der Waals surface area contributed by atoms with Gasteiger partial charge in [-0.2, -0.15) is 0 Å². The first kappa shape index (κ1) is 8.87. The maximum atomic E-state index is 5.67. The Morgan fingerprint density at radius 2 is 2.14 bits per heavy atom. The van der Waals surface area contributed by atoms with Crippen molar-refractivity contribution in [2.75, 3.05) is 12.8 Å². The van der Waals surface area contributed by atoms with Crippen LogP contribution in [0.5, 0.6) is 5.75 Å². The molecule has 1 heterocycles. The predicted molar refractivity (Wildman–Crippen MR) is 58.1 cm³/mol. The fourth-order valence-electron chi connectivity index (χ4n) is 1.34. The van der Waals surface area contributed by atoms with Crippen molar-refractivity contribution in [3.63, 3.8) is 0 Å². The molecule has 2 radical (unpaired) electrons. The first-order valence-corrected chi connectivity index (χ1v) is 4.20. The summed E-state index contributed by atoms with van der Waals surface area (Å²) < 4.78 is 5.06. The first-order valence-electron chi connectivity index (χ1n) is 4.20. The van der Waals surface area contributed by atoms with Crippen LogP contribution in [0.4, 0.5) is 5.82 Å². The number of nitrogens with zero attached hydrogens (tertiary/aromatic N) is 1. The molecule has 68 valence electrons. The zero-order valence-electron chi connectivity index (χ0n) is 7.82. The molecule has 0 spiro atoms. The number of rotatable bonds is 1. The Hall–Kier alpha value is -1.71. The van der Waals surface area contributed by atoms with Gasteiger partial charge in [-0.1, -0.05) is 17.6 Å². The van der Waals surface area contributed by atoms with E-state index in [9.17, 15) is 0 Å². The Bertz CT molecular complexity index is 485. The van der Waals surface area contributed by atoms with Crippen LogP contribution in [0.1, 0.15) is 0 Å². The van der Waals surface area contributed by atoms with E-state index in [-0.39, 0.29) is 0 Å². The van der Waals surface area contributed by atoms with Gasteiger partial charge in [0.2, 0.25) is 0 Å². The van der Waals surface area contributed by atoms with Crippen LogP contribution >= 0.6 is 0 Å². The summed E-state index contributed by atoms with van der Waals surface area (Å²) in [6.07, 6.45) is 0. The Kier molecular flexibility index (Phi) is 2.04. The number of pyridine rings is 1. The van der Waals surface area contributed by atoms with Gasteiger partial charge in [0.05, 0.1) is 12.6 Å². The summed E-state index contributed by atoms with van der Waals surface area (Å²) in [6, 6.07) is 7.33. The number of nitrogen functional groups attached to an aromatic ring is 1. The van der Waals surface area contributed by atoms with Crippen LogP contribution in [0.15, 0.2) is 24.3 Å². The smallest absolute Gasteiger partial charge is 0.166 e. The van der Waals surface area contributed by atoms with Crippen LogP contribution in [0.3, 0.4) is 0 Å². The molecule has 0 amide bonds. The Labute approximate surface area is 83.3 Å². The summed E-state index contributed by atoms with van der Waals surface area (Å²) in [6.45, 7) is 0. The number of hydrogen-bond donors (Lipinski definition) is 1. The largest absolute Gasteiger partial charge is 0.493 e. The van der Waals surface area contributed by atoms with Gasteiger partial charge in [0.1, 0.15) is 7.85 Å². The van der Waals surface area contributed by atoms with Gasteiger partial charge in [0, 0.05) is 5.39 Å². The molecule has 0 saturated carbocycles. The SMILES string of the molecule is [B]c1ccc2cc(OC)c(N)nc2c1. The summed E-state index contributed by atoms with van der Waals surface area (Å²) >= 11 is 0. The van der Waals surface area contributed by atoms with E-state index in [1.54, 1.807) is 13.2 Å². The average Bonchev–Trinajstić information content (AvgIpc) is 2.16. The van der Waals surface area contributed by atoms with Gasteiger partial charge in [-0.05, 0) is 12.1 Å². The van der Waals surface area contributed by atoms with E-state index in [1.165, 1.54) is 0 Å². The van der Waals surface area contributed by atoms with Crippen molar-refractivity contribution in [3.8, 4) is 5.75 Å². The van der Waals surface area contributed by atoms with Crippen LogP contribution in [-0.2, 0) is 0 Å². The minimum atomic E-state index is 0.380. The number of hydrogen-bond acceptors (Lipinski definition) is 3. The molecule has 1 aromatic heterocycles. The molecule has 2 N–H and O–H groups in total. The molecule has 3 nitrogen and oxygen atoms in total. The average molecular weight is 184 g/mol. The number of methoxy groups -OCH3 is 1. The Morgan fingerprint density at radius 3 is 2.86 bits per heavy atom. The molecule has 14 heavy (non-hydrogen) atoms. The van der Waals surface area contributed by atoms with Crippen molar-refractivity contribution in [2.45, 2.75) is 0 Å². The fourth-order valence-corrected chi connectivity index (χ4v) is 1.34. The minimum absolute atomic E-state index is 0.380. The lowest BCUT2D eigenvalue weighted by Gasteiger charge is -2.05. The van der Waals surface area contributed by atoms with Crippen LogP contribution in [0.25, 0.3) is 10.9 Å². The molecule has 0 aliphatic carbocycles. The van der Waals surface area contributed by atoms with Crippen LogP contribution in [0, 0.1) is 0 Å². The molecule has 0 saturated heterocycles. The van der Waals surface area contributed by atoms with Gasteiger partial charge in [-0.15, -0.1) is 0 Å². The van der Waals surface area contributed by atoms with E-state index < -0.39 is 0 Å². The molecule has 4 heteroatoms.